The number of carbonyl (C=O) groups is 1. The largest absolute Gasteiger partial charge is 0.416 e. The third-order valence-corrected chi connectivity index (χ3v) is 10.3. The van der Waals surface area contributed by atoms with Crippen molar-refractivity contribution in [2.45, 2.75) is 84.4 Å². The predicted octanol–water partition coefficient (Wildman–Crippen LogP) is 5.49. The second kappa shape index (κ2) is 9.51. The van der Waals surface area contributed by atoms with Gasteiger partial charge in [-0.2, -0.15) is 0 Å². The van der Waals surface area contributed by atoms with Gasteiger partial charge >= 0.3 is 0 Å². The van der Waals surface area contributed by atoms with Crippen LogP contribution >= 0.6 is 0 Å². The van der Waals surface area contributed by atoms with E-state index in [1.54, 1.807) is 13.0 Å². The van der Waals surface area contributed by atoms with Crippen LogP contribution in [0.2, 0.25) is 16.6 Å². The highest BCUT2D eigenvalue weighted by atomic mass is 28.4. The zero-order valence-corrected chi connectivity index (χ0v) is 15.5. The molecule has 0 saturated carbocycles. The third-order valence-electron chi connectivity index (χ3n) is 4.18. The van der Waals surface area contributed by atoms with Crippen molar-refractivity contribution < 1.29 is 9.22 Å². The van der Waals surface area contributed by atoms with E-state index in [0.29, 0.717) is 16.6 Å². The minimum Gasteiger partial charge on any atom is -0.416 e. The topological polar surface area (TPSA) is 26.3 Å². The fourth-order valence-corrected chi connectivity index (χ4v) is 8.86. The van der Waals surface area contributed by atoms with Crippen molar-refractivity contribution in [1.82, 2.24) is 0 Å². The first kappa shape index (κ1) is 19.6. The maximum atomic E-state index is 10.8. The molecule has 0 aromatic carbocycles. The van der Waals surface area contributed by atoms with Crippen LogP contribution in [-0.2, 0) is 9.22 Å². The molecule has 0 aliphatic heterocycles. The predicted molar refractivity (Wildman–Crippen MR) is 90.7 cm³/mol. The van der Waals surface area contributed by atoms with E-state index in [9.17, 15) is 4.79 Å². The Balaban J connectivity index is 4.26. The molecule has 0 N–H and O–H groups in total. The van der Waals surface area contributed by atoms with Gasteiger partial charge < -0.3 is 4.43 Å². The van der Waals surface area contributed by atoms with Crippen LogP contribution in [0.1, 0.15) is 67.7 Å². The van der Waals surface area contributed by atoms with Gasteiger partial charge in [0.1, 0.15) is 0 Å². The summed E-state index contributed by atoms with van der Waals surface area (Å²) >= 11 is 0. The molecule has 3 heteroatoms. The lowest BCUT2D eigenvalue weighted by atomic mass is 10.2. The first-order chi connectivity index (χ1) is 9.25. The Morgan fingerprint density at radius 3 is 1.90 bits per heavy atom. The number of rotatable bonds is 10. The van der Waals surface area contributed by atoms with E-state index in [1.165, 1.54) is 0 Å². The van der Waals surface area contributed by atoms with Gasteiger partial charge in [0.05, 0.1) is 0 Å². The molecule has 118 valence electrons. The highest BCUT2D eigenvalue weighted by Gasteiger charge is 2.44. The van der Waals surface area contributed by atoms with Gasteiger partial charge in [0.15, 0.2) is 14.1 Å². The zero-order chi connectivity index (χ0) is 15.8. The second-order valence-corrected chi connectivity index (χ2v) is 12.1. The smallest absolute Gasteiger partial charge is 0.200 e. The van der Waals surface area contributed by atoms with E-state index in [-0.39, 0.29) is 5.78 Å². The molecular formula is C17H34O2Si. The molecular weight excluding hydrogens is 264 g/mol. The van der Waals surface area contributed by atoms with Gasteiger partial charge in [0, 0.05) is 6.61 Å². The molecule has 0 bridgehead atoms. The molecule has 0 aromatic rings. The maximum Gasteiger partial charge on any atom is 0.200 e. The summed E-state index contributed by atoms with van der Waals surface area (Å²) in [5.41, 5.74) is 1.96. The molecule has 0 amide bonds. The highest BCUT2D eigenvalue weighted by molar-refractivity contribution is 6.77. The molecule has 0 fully saturated rings. The van der Waals surface area contributed by atoms with Crippen molar-refractivity contribution in [3.05, 3.63) is 12.2 Å². The Morgan fingerprint density at radius 1 is 1.00 bits per heavy atom. The van der Waals surface area contributed by atoms with E-state index in [0.717, 1.165) is 25.9 Å². The van der Waals surface area contributed by atoms with Crippen LogP contribution in [0.25, 0.3) is 0 Å². The first-order valence-corrected chi connectivity index (χ1v) is 10.2. The number of ketones is 1. The normalized spacial score (nSPS) is 13.1. The summed E-state index contributed by atoms with van der Waals surface area (Å²) in [6, 6.07) is 0. The Labute approximate surface area is 127 Å². The molecule has 0 atom stereocenters. The Kier molecular flexibility index (Phi) is 9.31. The number of unbranched alkanes of at least 4 members (excludes halogenated alkanes) is 2. The summed E-state index contributed by atoms with van der Waals surface area (Å²) in [6.07, 6.45) is 6.80. The summed E-state index contributed by atoms with van der Waals surface area (Å²) in [5.74, 6) is 0.132. The van der Waals surface area contributed by atoms with E-state index >= 15 is 0 Å². The van der Waals surface area contributed by atoms with Crippen LogP contribution in [0.3, 0.4) is 0 Å². The maximum absolute atomic E-state index is 10.8. The fourth-order valence-electron chi connectivity index (χ4n) is 3.36. The van der Waals surface area contributed by atoms with Gasteiger partial charge in [0.2, 0.25) is 0 Å². The summed E-state index contributed by atoms with van der Waals surface area (Å²) < 4.78 is 6.49. The van der Waals surface area contributed by atoms with E-state index in [4.69, 9.17) is 4.43 Å². The lowest BCUT2D eigenvalue weighted by molar-refractivity contribution is -0.112. The quantitative estimate of drug-likeness (QED) is 0.303. The number of carbonyl (C=O) groups excluding carboxylic acids is 1. The Bertz CT molecular complexity index is 284. The minimum atomic E-state index is -1.69. The summed E-state index contributed by atoms with van der Waals surface area (Å²) in [4.78, 5) is 10.8. The molecule has 0 spiro atoms. The molecule has 0 aromatic heterocycles. The Morgan fingerprint density at radius 2 is 1.50 bits per heavy atom. The summed E-state index contributed by atoms with van der Waals surface area (Å²) in [7, 11) is -1.69. The van der Waals surface area contributed by atoms with Crippen molar-refractivity contribution in [2.24, 2.45) is 0 Å². The van der Waals surface area contributed by atoms with E-state index in [2.05, 4.69) is 41.5 Å². The molecule has 0 radical (unpaired) electrons. The van der Waals surface area contributed by atoms with E-state index in [1.807, 2.05) is 6.08 Å². The van der Waals surface area contributed by atoms with Crippen molar-refractivity contribution in [3.8, 4) is 0 Å². The first-order valence-electron chi connectivity index (χ1n) is 8.06. The molecule has 0 aliphatic rings. The van der Waals surface area contributed by atoms with Gasteiger partial charge in [-0.25, -0.2) is 0 Å². The van der Waals surface area contributed by atoms with Crippen molar-refractivity contribution in [3.63, 3.8) is 0 Å². The highest BCUT2D eigenvalue weighted by Crippen LogP contribution is 2.42. The van der Waals surface area contributed by atoms with Crippen LogP contribution < -0.4 is 0 Å². The molecule has 0 saturated heterocycles. The monoisotopic (exact) mass is 298 g/mol. The summed E-state index contributed by atoms with van der Waals surface area (Å²) in [6.45, 7) is 16.4. The van der Waals surface area contributed by atoms with Gasteiger partial charge in [0.25, 0.3) is 0 Å². The van der Waals surface area contributed by atoms with Gasteiger partial charge in [-0.1, -0.05) is 47.6 Å². The molecule has 2 nitrogen and oxygen atoms in total. The van der Waals surface area contributed by atoms with Crippen LogP contribution in [-0.4, -0.2) is 20.7 Å². The molecule has 0 heterocycles. The van der Waals surface area contributed by atoms with E-state index < -0.39 is 8.32 Å². The van der Waals surface area contributed by atoms with Crippen molar-refractivity contribution >= 4 is 14.1 Å². The van der Waals surface area contributed by atoms with Crippen molar-refractivity contribution in [2.75, 3.05) is 6.61 Å². The SMILES string of the molecule is CC(=O)/C=C/CCCCO[Si](C(C)C)(C(C)C)C(C)C. The third kappa shape index (κ3) is 5.92. The molecule has 0 unspecified atom stereocenters. The van der Waals surface area contributed by atoms with Gasteiger partial charge in [-0.3, -0.25) is 4.79 Å². The number of hydrogen-bond acceptors (Lipinski definition) is 2. The Hall–Kier alpha value is -0.413. The molecule has 20 heavy (non-hydrogen) atoms. The average Bonchev–Trinajstić information content (AvgIpc) is 2.30. The van der Waals surface area contributed by atoms with Crippen LogP contribution in [0.4, 0.5) is 0 Å². The average molecular weight is 299 g/mol. The lowest BCUT2D eigenvalue weighted by Crippen LogP contribution is -2.47. The number of hydrogen-bond donors (Lipinski definition) is 0. The van der Waals surface area contributed by atoms with Gasteiger partial charge in [-0.05, 0) is 48.9 Å². The molecule has 0 aliphatic carbocycles. The second-order valence-electron chi connectivity index (χ2n) is 6.67. The van der Waals surface area contributed by atoms with Crippen LogP contribution in [0.15, 0.2) is 12.2 Å². The van der Waals surface area contributed by atoms with Crippen LogP contribution in [0, 0.1) is 0 Å². The summed E-state index contributed by atoms with van der Waals surface area (Å²) in [5, 5.41) is 0. The standard InChI is InChI=1S/C17H34O2Si/c1-14(2)20(15(3)4,16(5)6)19-13-11-9-8-10-12-17(7)18/h10,12,14-16H,8-9,11,13H2,1-7H3/b12-10+. The van der Waals surface area contributed by atoms with Gasteiger partial charge in [-0.15, -0.1) is 0 Å². The fraction of sp³-hybridized carbons (Fsp3) is 0.824. The number of allylic oxidation sites excluding steroid dienone is 2. The molecule has 0 rings (SSSR count). The lowest BCUT2D eigenvalue weighted by Gasteiger charge is -2.42. The van der Waals surface area contributed by atoms with Crippen LogP contribution in [0.5, 0.6) is 0 Å². The minimum absolute atomic E-state index is 0.132. The van der Waals surface area contributed by atoms with Crippen molar-refractivity contribution in [1.29, 1.82) is 0 Å². The zero-order valence-electron chi connectivity index (χ0n) is 14.5.